The van der Waals surface area contributed by atoms with Gasteiger partial charge in [0.05, 0.1) is 24.9 Å². The molecule has 0 unspecified atom stereocenters. The Labute approximate surface area is 251 Å². The first-order chi connectivity index (χ1) is 21.4. The molecule has 11 nitrogen and oxygen atoms in total. The Bertz CT molecular complexity index is 1690. The van der Waals surface area contributed by atoms with Crippen LogP contribution in [0.3, 0.4) is 0 Å². The van der Waals surface area contributed by atoms with E-state index in [2.05, 4.69) is 15.8 Å². The molecule has 4 aromatic rings. The van der Waals surface area contributed by atoms with Crippen LogP contribution in [0.4, 0.5) is 4.39 Å². The normalized spacial score (nSPS) is 18.6. The number of carbonyl (C=O) groups is 3. The fourth-order valence-corrected chi connectivity index (χ4v) is 5.28. The molecule has 7 rings (SSSR count). The Morgan fingerprint density at radius 3 is 2.73 bits per heavy atom. The third-order valence-electron chi connectivity index (χ3n) is 7.57. The summed E-state index contributed by atoms with van der Waals surface area (Å²) in [6.07, 6.45) is 1.17. The summed E-state index contributed by atoms with van der Waals surface area (Å²) in [6, 6.07) is 17.1. The van der Waals surface area contributed by atoms with E-state index in [-0.39, 0.29) is 42.8 Å². The molecule has 1 saturated heterocycles. The third-order valence-corrected chi connectivity index (χ3v) is 7.57. The van der Waals surface area contributed by atoms with Gasteiger partial charge in [-0.3, -0.25) is 14.4 Å². The molecule has 1 aromatic heterocycles. The van der Waals surface area contributed by atoms with Crippen LogP contribution in [0.1, 0.15) is 32.9 Å². The molecular weight excluding hydrogens is 571 g/mol. The van der Waals surface area contributed by atoms with E-state index >= 15 is 4.39 Å². The lowest BCUT2D eigenvalue weighted by Gasteiger charge is -2.38. The number of aromatic nitrogens is 1. The van der Waals surface area contributed by atoms with Gasteiger partial charge in [-0.1, -0.05) is 23.4 Å². The minimum Gasteiger partial charge on any atom is -0.496 e. The van der Waals surface area contributed by atoms with E-state index in [0.29, 0.717) is 41.3 Å². The number of likely N-dealkylation sites (tertiary alicyclic amines) is 1. The van der Waals surface area contributed by atoms with Crippen molar-refractivity contribution >= 4 is 17.7 Å². The maximum absolute atomic E-state index is 15.1. The molecule has 3 aliphatic rings. The predicted octanol–water partition coefficient (Wildman–Crippen LogP) is 3.59. The Morgan fingerprint density at radius 1 is 1.05 bits per heavy atom. The monoisotopic (exact) mass is 600 g/mol. The minimum absolute atomic E-state index is 0.0694. The average molecular weight is 601 g/mol. The first-order valence-electron chi connectivity index (χ1n) is 14.0. The van der Waals surface area contributed by atoms with E-state index in [0.717, 1.165) is 5.56 Å². The number of rotatable bonds is 2. The number of nitrogens with one attached hydrogen (secondary N) is 2. The smallest absolute Gasteiger partial charge is 0.292 e. The molecule has 44 heavy (non-hydrogen) atoms. The maximum atomic E-state index is 15.1. The van der Waals surface area contributed by atoms with Crippen molar-refractivity contribution in [3.63, 3.8) is 0 Å². The van der Waals surface area contributed by atoms with Gasteiger partial charge in [0.2, 0.25) is 5.76 Å². The predicted molar refractivity (Wildman–Crippen MR) is 155 cm³/mol. The van der Waals surface area contributed by atoms with Crippen molar-refractivity contribution in [1.29, 1.82) is 0 Å². The number of benzene rings is 3. The van der Waals surface area contributed by atoms with Crippen molar-refractivity contribution in [2.75, 3.05) is 26.8 Å². The van der Waals surface area contributed by atoms with Gasteiger partial charge in [0, 0.05) is 43.8 Å². The summed E-state index contributed by atoms with van der Waals surface area (Å²) in [6.45, 7) is 0.381. The molecule has 0 radical (unpaired) electrons. The summed E-state index contributed by atoms with van der Waals surface area (Å²) in [5, 5.41) is 9.35. The first-order valence-corrected chi connectivity index (χ1v) is 14.0. The van der Waals surface area contributed by atoms with Crippen molar-refractivity contribution < 1.29 is 37.5 Å². The standard InChI is InChI=1S/C32H29FN4O7/c1-41-29-15-23-7-5-21(29)16-34-30(38)18-42-22-4-2-3-19(13-22)20-6-8-25(33)24(14-20)31(39)36-26-17-37(12-10-27(26)43-23)32(40)28-9-11-35-44-28/h2-9,11,13-15,26-27H,10,12,16-18H2,1H3,(H,34,38)(H,36,39)/t26-,27+/m1/s1. The molecule has 0 aliphatic carbocycles. The van der Waals surface area contributed by atoms with E-state index in [1.54, 1.807) is 48.5 Å². The number of ether oxygens (including phenoxy) is 3. The van der Waals surface area contributed by atoms with Gasteiger partial charge in [-0.15, -0.1) is 0 Å². The van der Waals surface area contributed by atoms with Crippen molar-refractivity contribution in [2.24, 2.45) is 0 Å². The summed E-state index contributed by atoms with van der Waals surface area (Å²) >= 11 is 0. The number of amides is 3. The fourth-order valence-electron chi connectivity index (χ4n) is 5.28. The van der Waals surface area contributed by atoms with Crippen LogP contribution in [-0.2, 0) is 11.3 Å². The summed E-state index contributed by atoms with van der Waals surface area (Å²) in [5.74, 6) is -0.636. The number of nitrogens with zero attached hydrogens (tertiary/aromatic N) is 2. The number of hydrogen-bond acceptors (Lipinski definition) is 8. The molecule has 1 fully saturated rings. The van der Waals surface area contributed by atoms with Crippen molar-refractivity contribution in [2.45, 2.75) is 25.1 Å². The van der Waals surface area contributed by atoms with E-state index in [1.807, 2.05) is 0 Å². The number of carbonyl (C=O) groups excluding carboxylic acids is 3. The van der Waals surface area contributed by atoms with E-state index in [1.165, 1.54) is 36.4 Å². The SMILES string of the molecule is COc1cc2ccc1CNC(=O)COc1cccc(c1)-c1ccc(F)c(c1)C(=O)N[C@@H]1CN(C(=O)c3ccno3)CC[C@@H]1O2. The number of piperidine rings is 1. The van der Waals surface area contributed by atoms with Crippen LogP contribution in [0.25, 0.3) is 11.1 Å². The highest BCUT2D eigenvalue weighted by Gasteiger charge is 2.36. The molecule has 2 atom stereocenters. The van der Waals surface area contributed by atoms with Gasteiger partial charge in [-0.2, -0.15) is 0 Å². The van der Waals surface area contributed by atoms with Crippen LogP contribution in [0, 0.1) is 5.82 Å². The molecule has 6 bridgehead atoms. The Morgan fingerprint density at radius 2 is 1.91 bits per heavy atom. The second-order valence-corrected chi connectivity index (χ2v) is 10.4. The maximum Gasteiger partial charge on any atom is 0.292 e. The molecule has 3 aromatic carbocycles. The van der Waals surface area contributed by atoms with Crippen LogP contribution < -0.4 is 24.8 Å². The van der Waals surface area contributed by atoms with Gasteiger partial charge >= 0.3 is 0 Å². The number of halogens is 1. The average Bonchev–Trinajstić information content (AvgIpc) is 3.59. The zero-order valence-corrected chi connectivity index (χ0v) is 23.7. The molecular formula is C32H29FN4O7. The van der Waals surface area contributed by atoms with Crippen molar-refractivity contribution in [3.8, 4) is 28.4 Å². The zero-order chi connectivity index (χ0) is 30.6. The van der Waals surface area contributed by atoms with Crippen LogP contribution >= 0.6 is 0 Å². The lowest BCUT2D eigenvalue weighted by molar-refractivity contribution is -0.123. The van der Waals surface area contributed by atoms with Gasteiger partial charge in [-0.25, -0.2) is 4.39 Å². The van der Waals surface area contributed by atoms with Gasteiger partial charge in [0.15, 0.2) is 6.61 Å². The van der Waals surface area contributed by atoms with Crippen LogP contribution in [0.5, 0.6) is 17.2 Å². The largest absolute Gasteiger partial charge is 0.496 e. The summed E-state index contributed by atoms with van der Waals surface area (Å²) in [5.41, 5.74) is 1.78. The molecule has 2 N–H and O–H groups in total. The van der Waals surface area contributed by atoms with E-state index in [9.17, 15) is 14.4 Å². The molecule has 0 spiro atoms. The Hall–Kier alpha value is -5.39. The molecule has 3 aliphatic heterocycles. The Kier molecular flexibility index (Phi) is 8.13. The number of fused-ring (bicyclic) bond motifs is 7. The molecule has 3 amide bonds. The lowest BCUT2D eigenvalue weighted by atomic mass is 9.99. The van der Waals surface area contributed by atoms with Gasteiger partial charge < -0.3 is 34.3 Å². The minimum atomic E-state index is -0.710. The Balaban J connectivity index is 1.36. The second-order valence-electron chi connectivity index (χ2n) is 10.4. The number of methoxy groups -OCH3 is 1. The fraction of sp³-hybridized carbons (Fsp3) is 0.250. The molecule has 4 heterocycles. The third kappa shape index (κ3) is 6.19. The van der Waals surface area contributed by atoms with Crippen LogP contribution in [-0.4, -0.2) is 66.7 Å². The number of hydrogen-bond donors (Lipinski definition) is 2. The summed E-state index contributed by atoms with van der Waals surface area (Å²) in [7, 11) is 1.51. The zero-order valence-electron chi connectivity index (χ0n) is 23.7. The first kappa shape index (κ1) is 28.7. The quantitative estimate of drug-likeness (QED) is 0.357. The highest BCUT2D eigenvalue weighted by Crippen LogP contribution is 2.29. The highest BCUT2D eigenvalue weighted by molar-refractivity contribution is 5.96. The lowest BCUT2D eigenvalue weighted by Crippen LogP contribution is -2.58. The molecule has 0 saturated carbocycles. The van der Waals surface area contributed by atoms with Gasteiger partial charge in [-0.05, 0) is 47.5 Å². The van der Waals surface area contributed by atoms with Crippen LogP contribution in [0.2, 0.25) is 0 Å². The molecule has 226 valence electrons. The van der Waals surface area contributed by atoms with Crippen molar-refractivity contribution in [1.82, 2.24) is 20.7 Å². The van der Waals surface area contributed by atoms with Crippen LogP contribution in [0.15, 0.2) is 77.4 Å². The summed E-state index contributed by atoms with van der Waals surface area (Å²) in [4.78, 5) is 40.8. The van der Waals surface area contributed by atoms with E-state index < -0.39 is 23.9 Å². The van der Waals surface area contributed by atoms with Crippen molar-refractivity contribution in [3.05, 3.63) is 95.6 Å². The second kappa shape index (κ2) is 12.5. The van der Waals surface area contributed by atoms with Gasteiger partial charge in [0.1, 0.15) is 29.2 Å². The molecule has 12 heteroatoms. The van der Waals surface area contributed by atoms with E-state index in [4.69, 9.17) is 18.7 Å². The van der Waals surface area contributed by atoms with Gasteiger partial charge in [0.25, 0.3) is 17.7 Å². The highest BCUT2D eigenvalue weighted by atomic mass is 19.1. The topological polar surface area (TPSA) is 132 Å². The summed E-state index contributed by atoms with van der Waals surface area (Å²) < 4.78 is 37.7.